The van der Waals surface area contributed by atoms with Crippen molar-refractivity contribution in [1.29, 1.82) is 0 Å². The maximum absolute atomic E-state index is 14.4. The molecule has 0 unspecified atom stereocenters. The first-order chi connectivity index (χ1) is 12.3. The van der Waals surface area contributed by atoms with E-state index < -0.39 is 17.5 Å². The van der Waals surface area contributed by atoms with Crippen LogP contribution in [0.4, 0.5) is 13.2 Å². The zero-order valence-electron chi connectivity index (χ0n) is 14.5. The van der Waals surface area contributed by atoms with E-state index in [2.05, 4.69) is 19.7 Å². The highest BCUT2D eigenvalue weighted by atomic mass is 32.2. The third kappa shape index (κ3) is 4.61. The molecule has 0 bridgehead atoms. The molecule has 5 heteroatoms. The first-order valence-corrected chi connectivity index (χ1v) is 8.71. The fourth-order valence-corrected chi connectivity index (χ4v) is 2.99. The summed E-state index contributed by atoms with van der Waals surface area (Å²) in [6.45, 7) is 13.1. The molecular formula is C21H19F3OS. The summed E-state index contributed by atoms with van der Waals surface area (Å²) < 4.78 is 48.1. The number of halogens is 3. The molecule has 0 saturated heterocycles. The lowest BCUT2D eigenvalue weighted by molar-refractivity contribution is 0.302. The van der Waals surface area contributed by atoms with Gasteiger partial charge in [-0.3, -0.25) is 0 Å². The van der Waals surface area contributed by atoms with E-state index in [1.54, 1.807) is 13.0 Å². The van der Waals surface area contributed by atoms with Gasteiger partial charge in [0.2, 0.25) is 5.82 Å². The summed E-state index contributed by atoms with van der Waals surface area (Å²) in [4.78, 5) is 1.28. The molecule has 0 atom stereocenters. The zero-order valence-corrected chi connectivity index (χ0v) is 15.3. The van der Waals surface area contributed by atoms with Crippen molar-refractivity contribution >= 4 is 16.7 Å². The van der Waals surface area contributed by atoms with Gasteiger partial charge in [0.25, 0.3) is 0 Å². The summed E-state index contributed by atoms with van der Waals surface area (Å²) in [5, 5.41) is 0. The van der Waals surface area contributed by atoms with Gasteiger partial charge in [0.1, 0.15) is 5.82 Å². The predicted molar refractivity (Wildman–Crippen MR) is 104 cm³/mol. The molecule has 0 spiro atoms. The summed E-state index contributed by atoms with van der Waals surface area (Å²) in [6.07, 6.45) is 2.13. The van der Waals surface area contributed by atoms with Crippen molar-refractivity contribution in [3.8, 4) is 16.9 Å². The second-order valence-corrected chi connectivity index (χ2v) is 6.98. The highest BCUT2D eigenvalue weighted by molar-refractivity contribution is 8.11. The Morgan fingerprint density at radius 1 is 1.12 bits per heavy atom. The molecule has 0 aliphatic heterocycles. The Labute approximate surface area is 155 Å². The maximum atomic E-state index is 14.4. The quantitative estimate of drug-likeness (QED) is 0.364. The number of hydrogen-bond acceptors (Lipinski definition) is 2. The summed E-state index contributed by atoms with van der Waals surface area (Å²) >= 11 is 1.25. The Hall–Kier alpha value is -2.40. The molecule has 2 aromatic rings. The molecule has 0 heterocycles. The number of allylic oxidation sites excluding steroid dienone is 1. The van der Waals surface area contributed by atoms with Gasteiger partial charge >= 0.3 is 0 Å². The third-order valence-corrected chi connectivity index (χ3v) is 4.32. The molecule has 136 valence electrons. The molecular weight excluding hydrogens is 357 g/mol. The zero-order chi connectivity index (χ0) is 19.3. The van der Waals surface area contributed by atoms with Crippen LogP contribution in [0.25, 0.3) is 16.0 Å². The smallest absolute Gasteiger partial charge is 0.201 e. The molecule has 0 saturated carbocycles. The van der Waals surface area contributed by atoms with Crippen LogP contribution < -0.4 is 4.74 Å². The van der Waals surface area contributed by atoms with E-state index in [0.717, 1.165) is 11.0 Å². The van der Waals surface area contributed by atoms with E-state index in [0.29, 0.717) is 16.9 Å². The molecule has 0 aliphatic rings. The first kappa shape index (κ1) is 19.9. The second kappa shape index (κ2) is 8.81. The summed E-state index contributed by atoms with van der Waals surface area (Å²) in [5.41, 5.74) is 0.489. The summed E-state index contributed by atoms with van der Waals surface area (Å²) in [5.74, 6) is -2.93. The Morgan fingerprint density at radius 2 is 1.85 bits per heavy atom. The van der Waals surface area contributed by atoms with Crippen LogP contribution in [-0.4, -0.2) is 6.61 Å². The van der Waals surface area contributed by atoms with Gasteiger partial charge in [0.05, 0.1) is 6.61 Å². The third-order valence-electron chi connectivity index (χ3n) is 3.50. The van der Waals surface area contributed by atoms with E-state index in [1.807, 2.05) is 0 Å². The van der Waals surface area contributed by atoms with Gasteiger partial charge in [-0.05, 0) is 42.0 Å². The van der Waals surface area contributed by atoms with Gasteiger partial charge in [-0.1, -0.05) is 43.1 Å². The number of hydrogen-bond donors (Lipinski definition) is 0. The van der Waals surface area contributed by atoms with Crippen LogP contribution in [0.5, 0.6) is 5.75 Å². The van der Waals surface area contributed by atoms with Crippen LogP contribution in [0.15, 0.2) is 61.0 Å². The predicted octanol–water partition coefficient (Wildman–Crippen LogP) is 6.96. The Balaban J connectivity index is 2.32. The normalized spacial score (nSPS) is 10.5. The van der Waals surface area contributed by atoms with Gasteiger partial charge in [0, 0.05) is 16.0 Å². The van der Waals surface area contributed by atoms with Crippen LogP contribution in [0.3, 0.4) is 0 Å². The topological polar surface area (TPSA) is 9.23 Å². The van der Waals surface area contributed by atoms with Crippen molar-refractivity contribution < 1.29 is 17.9 Å². The van der Waals surface area contributed by atoms with Crippen LogP contribution in [0, 0.1) is 17.5 Å². The molecule has 2 rings (SSSR count). The van der Waals surface area contributed by atoms with Crippen LogP contribution in [0.1, 0.15) is 18.9 Å². The lowest BCUT2D eigenvalue weighted by atomic mass is 10.0. The van der Waals surface area contributed by atoms with E-state index in [4.69, 9.17) is 4.74 Å². The fourth-order valence-electron chi connectivity index (χ4n) is 2.29. The SMILES string of the molecule is C=CCCOc1ccc(-c2ccc(C(=C)SC(=C)C)c(F)c2)c(F)c1F. The minimum absolute atomic E-state index is 0.0396. The van der Waals surface area contributed by atoms with Crippen LogP contribution in [0.2, 0.25) is 0 Å². The first-order valence-electron chi connectivity index (χ1n) is 7.89. The van der Waals surface area contributed by atoms with E-state index in [1.165, 1.54) is 36.0 Å². The van der Waals surface area contributed by atoms with E-state index in [9.17, 15) is 13.2 Å². The molecule has 0 amide bonds. The van der Waals surface area contributed by atoms with Gasteiger partial charge in [0.15, 0.2) is 11.6 Å². The highest BCUT2D eigenvalue weighted by Gasteiger charge is 2.17. The summed E-state index contributed by atoms with van der Waals surface area (Å²) in [6, 6.07) is 6.88. The molecule has 26 heavy (non-hydrogen) atoms. The number of ether oxygens (including phenoxy) is 1. The highest BCUT2D eigenvalue weighted by Crippen LogP contribution is 2.35. The molecule has 0 fully saturated rings. The van der Waals surface area contributed by atoms with Crippen molar-refractivity contribution in [1.82, 2.24) is 0 Å². The lowest BCUT2D eigenvalue weighted by Gasteiger charge is -2.12. The number of thioether (sulfide) groups is 1. The molecule has 0 aromatic heterocycles. The van der Waals surface area contributed by atoms with Crippen LogP contribution in [-0.2, 0) is 0 Å². The van der Waals surface area contributed by atoms with Crippen molar-refractivity contribution in [2.75, 3.05) is 6.61 Å². The van der Waals surface area contributed by atoms with E-state index >= 15 is 0 Å². The Kier molecular flexibility index (Phi) is 6.75. The molecule has 1 nitrogen and oxygen atoms in total. The minimum Gasteiger partial charge on any atom is -0.490 e. The lowest BCUT2D eigenvalue weighted by Crippen LogP contribution is -2.01. The standard InChI is InChI=1S/C21H19F3OS/c1-5-6-11-25-19-10-9-17(20(23)21(19)24)15-7-8-16(18(22)12-15)14(4)26-13(2)3/h5,7-10,12H,1-2,4,6,11H2,3H3. The fraction of sp³-hybridized carbons (Fsp3) is 0.143. The van der Waals surface area contributed by atoms with E-state index in [-0.39, 0.29) is 23.5 Å². The minimum atomic E-state index is -1.10. The van der Waals surface area contributed by atoms with Crippen molar-refractivity contribution in [3.05, 3.63) is 84.1 Å². The van der Waals surface area contributed by atoms with Gasteiger partial charge in [-0.15, -0.1) is 6.58 Å². The average Bonchev–Trinajstić information content (AvgIpc) is 2.58. The Bertz CT molecular complexity index is 859. The Morgan fingerprint density at radius 3 is 2.46 bits per heavy atom. The number of rotatable bonds is 8. The summed E-state index contributed by atoms with van der Waals surface area (Å²) in [7, 11) is 0. The molecule has 0 aliphatic carbocycles. The maximum Gasteiger partial charge on any atom is 0.201 e. The van der Waals surface area contributed by atoms with Gasteiger partial charge in [-0.2, -0.15) is 4.39 Å². The van der Waals surface area contributed by atoms with Crippen molar-refractivity contribution in [2.45, 2.75) is 13.3 Å². The van der Waals surface area contributed by atoms with Crippen molar-refractivity contribution in [3.63, 3.8) is 0 Å². The molecule has 0 radical (unpaired) electrons. The molecule has 2 aromatic carbocycles. The monoisotopic (exact) mass is 376 g/mol. The largest absolute Gasteiger partial charge is 0.490 e. The van der Waals surface area contributed by atoms with Crippen molar-refractivity contribution in [2.24, 2.45) is 0 Å². The molecule has 0 N–H and O–H groups in total. The second-order valence-electron chi connectivity index (χ2n) is 5.59. The average molecular weight is 376 g/mol. The van der Waals surface area contributed by atoms with Gasteiger partial charge in [-0.25, -0.2) is 8.78 Å². The van der Waals surface area contributed by atoms with Gasteiger partial charge < -0.3 is 4.74 Å². The van der Waals surface area contributed by atoms with Crippen LogP contribution >= 0.6 is 11.8 Å². The number of benzene rings is 2.